The van der Waals surface area contributed by atoms with Gasteiger partial charge in [-0.2, -0.15) is 13.2 Å². The highest BCUT2D eigenvalue weighted by Gasteiger charge is 2.30. The number of alkyl halides is 3. The van der Waals surface area contributed by atoms with Gasteiger partial charge in [0.2, 0.25) is 5.91 Å². The number of aromatic nitrogens is 1. The van der Waals surface area contributed by atoms with E-state index >= 15 is 0 Å². The summed E-state index contributed by atoms with van der Waals surface area (Å²) >= 11 is 0. The number of hydrogen-bond donors (Lipinski definition) is 1. The number of hydrogen-bond acceptors (Lipinski definition) is 4. The first-order valence-electron chi connectivity index (χ1n) is 8.77. The lowest BCUT2D eigenvalue weighted by molar-refractivity contribution is -0.137. The van der Waals surface area contributed by atoms with Crippen LogP contribution in [0.25, 0.3) is 0 Å². The zero-order chi connectivity index (χ0) is 19.3. The fourth-order valence-electron chi connectivity index (χ4n) is 2.97. The second kappa shape index (κ2) is 8.39. The van der Waals surface area contributed by atoms with Crippen LogP contribution in [0.3, 0.4) is 0 Å². The molecule has 2 heterocycles. The van der Waals surface area contributed by atoms with E-state index in [0.717, 1.165) is 44.1 Å². The van der Waals surface area contributed by atoms with Crippen molar-refractivity contribution in [2.45, 2.75) is 12.6 Å². The van der Waals surface area contributed by atoms with Crippen LogP contribution in [0.4, 0.5) is 24.7 Å². The summed E-state index contributed by atoms with van der Waals surface area (Å²) in [4.78, 5) is 20.8. The molecule has 27 heavy (non-hydrogen) atoms. The fourth-order valence-corrected chi connectivity index (χ4v) is 2.97. The highest BCUT2D eigenvalue weighted by molar-refractivity contribution is 5.90. The van der Waals surface area contributed by atoms with Gasteiger partial charge in [0.25, 0.3) is 0 Å². The van der Waals surface area contributed by atoms with Gasteiger partial charge in [0, 0.05) is 51.0 Å². The van der Waals surface area contributed by atoms with E-state index in [1.54, 1.807) is 6.20 Å². The molecule has 1 aliphatic rings. The Kier molecular flexibility index (Phi) is 5.95. The van der Waals surface area contributed by atoms with Crippen LogP contribution in [0, 0.1) is 0 Å². The number of nitrogens with one attached hydrogen (secondary N) is 1. The molecule has 0 aliphatic carbocycles. The molecule has 0 bridgehead atoms. The molecule has 0 saturated carbocycles. The average Bonchev–Trinajstić information content (AvgIpc) is 2.67. The number of carbonyl (C=O) groups excluding carboxylic acids is 1. The first kappa shape index (κ1) is 19.2. The number of amides is 1. The third-order valence-corrected chi connectivity index (χ3v) is 4.50. The van der Waals surface area contributed by atoms with Gasteiger partial charge in [-0.25, -0.2) is 4.98 Å². The van der Waals surface area contributed by atoms with E-state index in [2.05, 4.69) is 20.1 Å². The lowest BCUT2D eigenvalue weighted by atomic mass is 10.2. The number of piperazine rings is 1. The minimum Gasteiger partial charge on any atom is -0.354 e. The van der Waals surface area contributed by atoms with Crippen molar-refractivity contribution in [3.05, 3.63) is 54.2 Å². The van der Waals surface area contributed by atoms with Gasteiger partial charge >= 0.3 is 6.18 Å². The summed E-state index contributed by atoms with van der Waals surface area (Å²) < 4.78 is 37.6. The van der Waals surface area contributed by atoms with E-state index < -0.39 is 11.7 Å². The van der Waals surface area contributed by atoms with Gasteiger partial charge in [0.05, 0.1) is 5.56 Å². The molecule has 1 amide bonds. The smallest absolute Gasteiger partial charge is 0.354 e. The van der Waals surface area contributed by atoms with Gasteiger partial charge in [-0.3, -0.25) is 9.69 Å². The summed E-state index contributed by atoms with van der Waals surface area (Å²) in [6.45, 7) is 3.98. The molecule has 1 aromatic heterocycles. The normalized spacial score (nSPS) is 15.6. The number of rotatable bonds is 5. The van der Waals surface area contributed by atoms with Crippen molar-refractivity contribution in [2.24, 2.45) is 0 Å². The molecule has 5 nitrogen and oxygen atoms in total. The summed E-state index contributed by atoms with van der Waals surface area (Å²) in [6, 6.07) is 10.3. The van der Waals surface area contributed by atoms with Crippen molar-refractivity contribution in [2.75, 3.05) is 42.9 Å². The number of pyridine rings is 1. The van der Waals surface area contributed by atoms with E-state index in [0.29, 0.717) is 18.7 Å². The first-order valence-corrected chi connectivity index (χ1v) is 8.77. The number of benzene rings is 1. The maximum Gasteiger partial charge on any atom is 0.416 e. The molecule has 1 aliphatic heterocycles. The minimum atomic E-state index is -4.38. The third kappa shape index (κ3) is 5.43. The van der Waals surface area contributed by atoms with Crippen molar-refractivity contribution in [1.29, 1.82) is 0 Å². The molecular weight excluding hydrogens is 357 g/mol. The second-order valence-corrected chi connectivity index (χ2v) is 6.39. The number of halogens is 3. The van der Waals surface area contributed by atoms with Gasteiger partial charge in [0.15, 0.2) is 0 Å². The zero-order valence-electron chi connectivity index (χ0n) is 14.7. The lowest BCUT2D eigenvalue weighted by Gasteiger charge is -2.35. The largest absolute Gasteiger partial charge is 0.416 e. The molecule has 8 heteroatoms. The van der Waals surface area contributed by atoms with Crippen molar-refractivity contribution in [1.82, 2.24) is 9.88 Å². The molecule has 0 unspecified atom stereocenters. The van der Waals surface area contributed by atoms with Crippen LogP contribution >= 0.6 is 0 Å². The van der Waals surface area contributed by atoms with Gasteiger partial charge in [-0.15, -0.1) is 0 Å². The van der Waals surface area contributed by atoms with Crippen LogP contribution < -0.4 is 10.2 Å². The molecule has 1 fully saturated rings. The molecule has 0 spiro atoms. The first-order chi connectivity index (χ1) is 12.9. The van der Waals surface area contributed by atoms with Gasteiger partial charge in [0.1, 0.15) is 5.82 Å². The molecule has 0 radical (unpaired) electrons. The zero-order valence-corrected chi connectivity index (χ0v) is 14.7. The summed E-state index contributed by atoms with van der Waals surface area (Å²) in [6.07, 6.45) is -2.31. The Bertz CT molecular complexity index is 742. The highest BCUT2D eigenvalue weighted by atomic mass is 19.4. The highest BCUT2D eigenvalue weighted by Crippen LogP contribution is 2.29. The van der Waals surface area contributed by atoms with E-state index in [9.17, 15) is 18.0 Å². The predicted molar refractivity (Wildman–Crippen MR) is 97.6 cm³/mol. The number of anilines is 2. The van der Waals surface area contributed by atoms with Crippen molar-refractivity contribution >= 4 is 17.4 Å². The minimum absolute atomic E-state index is 0.207. The topological polar surface area (TPSA) is 48.5 Å². The van der Waals surface area contributed by atoms with Gasteiger partial charge < -0.3 is 10.2 Å². The van der Waals surface area contributed by atoms with Crippen molar-refractivity contribution in [3.63, 3.8) is 0 Å². The molecule has 0 atom stereocenters. The predicted octanol–water partition coefficient (Wildman–Crippen LogP) is 3.25. The molecule has 1 saturated heterocycles. The average molecular weight is 378 g/mol. The van der Waals surface area contributed by atoms with Crippen molar-refractivity contribution in [3.8, 4) is 0 Å². The van der Waals surface area contributed by atoms with Crippen LogP contribution in [0.1, 0.15) is 12.0 Å². The van der Waals surface area contributed by atoms with Gasteiger partial charge in [-0.05, 0) is 36.4 Å². The molecule has 3 rings (SSSR count). The van der Waals surface area contributed by atoms with E-state index in [-0.39, 0.29) is 5.91 Å². The Morgan fingerprint density at radius 2 is 1.74 bits per heavy atom. The van der Waals surface area contributed by atoms with Crippen LogP contribution in [0.2, 0.25) is 0 Å². The van der Waals surface area contributed by atoms with E-state index in [1.165, 1.54) is 12.1 Å². The van der Waals surface area contributed by atoms with Gasteiger partial charge in [-0.1, -0.05) is 6.07 Å². The van der Waals surface area contributed by atoms with Crippen molar-refractivity contribution < 1.29 is 18.0 Å². The Labute approximate surface area is 155 Å². The SMILES string of the molecule is O=C(CCN1CCN(c2ccccn2)CC1)Nc1ccc(C(F)(F)F)cc1. The Morgan fingerprint density at radius 1 is 1.04 bits per heavy atom. The second-order valence-electron chi connectivity index (χ2n) is 6.39. The summed E-state index contributed by atoms with van der Waals surface area (Å²) in [5.41, 5.74) is -0.362. The molecule has 2 aromatic rings. The fraction of sp³-hybridized carbons (Fsp3) is 0.368. The Hall–Kier alpha value is -2.61. The molecule has 144 valence electrons. The van der Waals surface area contributed by atoms with E-state index in [1.807, 2.05) is 18.2 Å². The summed E-state index contributed by atoms with van der Waals surface area (Å²) in [7, 11) is 0. The van der Waals surface area contributed by atoms with Crippen LogP contribution in [0.5, 0.6) is 0 Å². The van der Waals surface area contributed by atoms with Crippen LogP contribution in [-0.2, 0) is 11.0 Å². The quantitative estimate of drug-likeness (QED) is 0.868. The maximum absolute atomic E-state index is 12.5. The summed E-state index contributed by atoms with van der Waals surface area (Å²) in [5.74, 6) is 0.749. The standard InChI is InChI=1S/C19H21F3N4O/c20-19(21,22)15-4-6-16(7-5-15)24-18(27)8-10-25-11-13-26(14-12-25)17-3-1-2-9-23-17/h1-7,9H,8,10-14H2,(H,24,27). The third-order valence-electron chi connectivity index (χ3n) is 4.50. The summed E-state index contributed by atoms with van der Waals surface area (Å²) in [5, 5.41) is 2.64. The number of nitrogens with zero attached hydrogens (tertiary/aromatic N) is 3. The molecular formula is C19H21F3N4O. The van der Waals surface area contributed by atoms with Crippen LogP contribution in [-0.4, -0.2) is 48.5 Å². The van der Waals surface area contributed by atoms with E-state index in [4.69, 9.17) is 0 Å². The Morgan fingerprint density at radius 3 is 2.33 bits per heavy atom. The molecule has 1 N–H and O–H groups in total. The number of carbonyl (C=O) groups is 1. The monoisotopic (exact) mass is 378 g/mol. The maximum atomic E-state index is 12.5. The van der Waals surface area contributed by atoms with Crippen LogP contribution in [0.15, 0.2) is 48.7 Å². The lowest BCUT2D eigenvalue weighted by Crippen LogP contribution is -2.47. The molecule has 1 aromatic carbocycles. The Balaban J connectivity index is 1.41.